The van der Waals surface area contributed by atoms with E-state index < -0.39 is 11.6 Å². The number of carbonyl (C=O) groups is 1. The Morgan fingerprint density at radius 2 is 2.16 bits per heavy atom. The van der Waals surface area contributed by atoms with Gasteiger partial charge in [-0.1, -0.05) is 0 Å². The maximum atomic E-state index is 15.2. The molecule has 8 nitrogen and oxygen atoms in total. The number of amidine groups is 1. The second-order valence-corrected chi connectivity index (χ2v) is 7.61. The van der Waals surface area contributed by atoms with Crippen LogP contribution < -0.4 is 16.8 Å². The minimum Gasteiger partial charge on any atom is -0.404 e. The summed E-state index contributed by atoms with van der Waals surface area (Å²) >= 11 is 0. The first-order valence-corrected chi connectivity index (χ1v) is 10.3. The number of nitrogens with zero attached hydrogens (tertiary/aromatic N) is 3. The third-order valence-corrected chi connectivity index (χ3v) is 5.46. The van der Waals surface area contributed by atoms with Crippen LogP contribution in [0.3, 0.4) is 0 Å². The van der Waals surface area contributed by atoms with Gasteiger partial charge in [0, 0.05) is 62.8 Å². The van der Waals surface area contributed by atoms with Gasteiger partial charge >= 0.3 is 0 Å². The van der Waals surface area contributed by atoms with Gasteiger partial charge in [0.25, 0.3) is 0 Å². The topological polar surface area (TPSA) is 118 Å². The van der Waals surface area contributed by atoms with Gasteiger partial charge in [0.1, 0.15) is 17.3 Å². The second kappa shape index (κ2) is 10.4. The molecule has 5 N–H and O–H groups in total. The number of ether oxygens (including phenoxy) is 1. The van der Waals surface area contributed by atoms with Crippen molar-refractivity contribution in [2.75, 3.05) is 33.4 Å². The Morgan fingerprint density at radius 3 is 2.78 bits per heavy atom. The van der Waals surface area contributed by atoms with E-state index in [1.165, 1.54) is 26.3 Å². The zero-order valence-electron chi connectivity index (χ0n) is 18.2. The smallest absolute Gasteiger partial charge is 0.219 e. The lowest BCUT2D eigenvalue weighted by atomic mass is 10.0. The minimum atomic E-state index is -0.900. The second-order valence-electron chi connectivity index (χ2n) is 7.61. The molecule has 1 aromatic rings. The molecule has 3 rings (SSSR count). The normalized spacial score (nSPS) is 20.4. The number of nitrogens with two attached hydrogens (primary N) is 2. The molecular weight excluding hydrogens is 418 g/mol. The first-order valence-electron chi connectivity index (χ1n) is 10.3. The monoisotopic (exact) mass is 446 g/mol. The Morgan fingerprint density at radius 1 is 1.38 bits per heavy atom. The van der Waals surface area contributed by atoms with Crippen LogP contribution in [0.1, 0.15) is 25.3 Å². The van der Waals surface area contributed by atoms with Crippen molar-refractivity contribution < 1.29 is 18.3 Å². The van der Waals surface area contributed by atoms with Crippen molar-refractivity contribution in [2.45, 2.75) is 25.8 Å². The standard InChI is InChI=1S/C22H28F2N6O2/c1-13(31)30-7-5-18(28-15-6-8-32-12-15)16(11-30)22(26)29-19-4-3-17(23)20(21(19)24)14(9-25)10-27-2/h3-4,9-10,15,28H,5-8,11-12,25H2,1-2H3,(H2,26,29). The zero-order valence-corrected chi connectivity index (χ0v) is 18.2. The lowest BCUT2D eigenvalue weighted by Gasteiger charge is -2.31. The van der Waals surface area contributed by atoms with Gasteiger partial charge in [-0.3, -0.25) is 9.79 Å². The van der Waals surface area contributed by atoms with Gasteiger partial charge in [0.05, 0.1) is 24.8 Å². The van der Waals surface area contributed by atoms with Crippen LogP contribution in [0.4, 0.5) is 14.5 Å². The zero-order chi connectivity index (χ0) is 23.3. The van der Waals surface area contributed by atoms with E-state index in [2.05, 4.69) is 15.3 Å². The maximum Gasteiger partial charge on any atom is 0.219 e. The molecular formula is C22H28F2N6O2. The SMILES string of the molecule is CN=CC(=CN)c1c(F)ccc(N=C(N)C2=C(NC3CCOC3)CCN(C(C)=O)C2)c1F. The highest BCUT2D eigenvalue weighted by molar-refractivity contribution is 6.10. The molecule has 1 saturated heterocycles. The van der Waals surface area contributed by atoms with Gasteiger partial charge in [-0.25, -0.2) is 13.8 Å². The van der Waals surface area contributed by atoms with E-state index in [-0.39, 0.29) is 41.2 Å². The number of benzene rings is 1. The van der Waals surface area contributed by atoms with Gasteiger partial charge in [-0.2, -0.15) is 0 Å². The number of halogens is 2. The number of amides is 1. The molecule has 0 saturated carbocycles. The predicted octanol–water partition coefficient (Wildman–Crippen LogP) is 1.84. The van der Waals surface area contributed by atoms with Crippen molar-refractivity contribution in [2.24, 2.45) is 21.5 Å². The third kappa shape index (κ3) is 5.13. The molecule has 1 amide bonds. The Kier molecular flexibility index (Phi) is 7.57. The molecule has 0 bridgehead atoms. The minimum absolute atomic E-state index is 0.0521. The molecule has 1 unspecified atom stereocenters. The van der Waals surface area contributed by atoms with Crippen LogP contribution >= 0.6 is 0 Å². The van der Waals surface area contributed by atoms with Crippen molar-refractivity contribution >= 4 is 29.2 Å². The number of aliphatic imine (C=N–C) groups is 2. The molecule has 10 heteroatoms. The number of carbonyl (C=O) groups excluding carboxylic acids is 1. The highest BCUT2D eigenvalue weighted by Crippen LogP contribution is 2.29. The summed E-state index contributed by atoms with van der Waals surface area (Å²) in [6.07, 6.45) is 3.75. The third-order valence-electron chi connectivity index (χ3n) is 5.46. The summed E-state index contributed by atoms with van der Waals surface area (Å²) in [4.78, 5) is 21.6. The lowest BCUT2D eigenvalue weighted by molar-refractivity contribution is -0.128. The van der Waals surface area contributed by atoms with Crippen molar-refractivity contribution in [1.82, 2.24) is 10.2 Å². The van der Waals surface area contributed by atoms with Gasteiger partial charge in [0.15, 0.2) is 5.82 Å². The highest BCUT2D eigenvalue weighted by atomic mass is 19.1. The molecule has 0 radical (unpaired) electrons. The fourth-order valence-electron chi connectivity index (χ4n) is 3.74. The first-order chi connectivity index (χ1) is 15.3. The Labute approximate surface area is 185 Å². The molecule has 2 aliphatic rings. The van der Waals surface area contributed by atoms with Gasteiger partial charge in [0.2, 0.25) is 5.91 Å². The van der Waals surface area contributed by atoms with Crippen molar-refractivity contribution in [3.63, 3.8) is 0 Å². The summed E-state index contributed by atoms with van der Waals surface area (Å²) in [5.74, 6) is -1.73. The Balaban J connectivity index is 2.02. The Bertz CT molecular complexity index is 996. The van der Waals surface area contributed by atoms with E-state index in [0.717, 1.165) is 24.4 Å². The molecule has 32 heavy (non-hydrogen) atoms. The van der Waals surface area contributed by atoms with E-state index in [9.17, 15) is 9.18 Å². The first kappa shape index (κ1) is 23.4. The van der Waals surface area contributed by atoms with Crippen LogP contribution in [0, 0.1) is 11.6 Å². The molecule has 2 aliphatic heterocycles. The van der Waals surface area contributed by atoms with E-state index >= 15 is 4.39 Å². The van der Waals surface area contributed by atoms with Gasteiger partial charge in [-0.15, -0.1) is 0 Å². The van der Waals surface area contributed by atoms with Crippen molar-refractivity contribution in [1.29, 1.82) is 0 Å². The quantitative estimate of drug-likeness (QED) is 0.455. The average Bonchev–Trinajstić information content (AvgIpc) is 3.28. The fraction of sp³-hybridized carbons (Fsp3) is 0.409. The number of allylic oxidation sites excluding steroid dienone is 1. The molecule has 2 heterocycles. The van der Waals surface area contributed by atoms with E-state index in [1.807, 2.05) is 0 Å². The van der Waals surface area contributed by atoms with E-state index in [4.69, 9.17) is 16.2 Å². The Hall–Kier alpha value is -3.27. The summed E-state index contributed by atoms with van der Waals surface area (Å²) in [5, 5.41) is 3.43. The number of hydrogen-bond donors (Lipinski definition) is 3. The largest absolute Gasteiger partial charge is 0.404 e. The van der Waals surface area contributed by atoms with Gasteiger partial charge < -0.3 is 26.4 Å². The van der Waals surface area contributed by atoms with Crippen LogP contribution in [0.2, 0.25) is 0 Å². The summed E-state index contributed by atoms with van der Waals surface area (Å²) in [6, 6.07) is 2.45. The molecule has 1 fully saturated rings. The molecule has 1 aromatic carbocycles. The van der Waals surface area contributed by atoms with Crippen molar-refractivity contribution in [3.8, 4) is 0 Å². The highest BCUT2D eigenvalue weighted by Gasteiger charge is 2.26. The summed E-state index contributed by atoms with van der Waals surface area (Å²) in [5.41, 5.74) is 12.9. The van der Waals surface area contributed by atoms with Crippen molar-refractivity contribution in [3.05, 3.63) is 46.8 Å². The fourth-order valence-corrected chi connectivity index (χ4v) is 3.74. The van der Waals surface area contributed by atoms with Crippen LogP contribution in [0.5, 0.6) is 0 Å². The van der Waals surface area contributed by atoms with Crippen LogP contribution in [-0.2, 0) is 9.53 Å². The number of nitrogens with one attached hydrogen (secondary N) is 1. The molecule has 0 aromatic heterocycles. The molecule has 0 spiro atoms. The summed E-state index contributed by atoms with van der Waals surface area (Å²) in [7, 11) is 1.47. The number of rotatable bonds is 6. The predicted molar refractivity (Wildman–Crippen MR) is 120 cm³/mol. The van der Waals surface area contributed by atoms with Crippen LogP contribution in [0.25, 0.3) is 5.57 Å². The molecule has 0 aliphatic carbocycles. The lowest BCUT2D eigenvalue weighted by Crippen LogP contribution is -2.43. The molecule has 172 valence electrons. The molecule has 1 atom stereocenters. The number of hydrogen-bond acceptors (Lipinski definition) is 6. The maximum absolute atomic E-state index is 15.2. The van der Waals surface area contributed by atoms with Crippen LogP contribution in [-0.4, -0.2) is 62.3 Å². The summed E-state index contributed by atoms with van der Waals surface area (Å²) < 4.78 is 35.0. The summed E-state index contributed by atoms with van der Waals surface area (Å²) in [6.45, 7) is 3.51. The van der Waals surface area contributed by atoms with E-state index in [0.29, 0.717) is 31.8 Å². The average molecular weight is 447 g/mol. The van der Waals surface area contributed by atoms with Crippen LogP contribution in [0.15, 0.2) is 39.6 Å². The van der Waals surface area contributed by atoms with Gasteiger partial charge in [-0.05, 0) is 18.6 Å². The van der Waals surface area contributed by atoms with E-state index in [1.54, 1.807) is 4.90 Å².